The van der Waals surface area contributed by atoms with Crippen LogP contribution in [0.5, 0.6) is 0 Å². The Kier molecular flexibility index (Phi) is 8.20. The van der Waals surface area contributed by atoms with E-state index in [2.05, 4.69) is 23.2 Å². The van der Waals surface area contributed by atoms with Crippen molar-refractivity contribution < 1.29 is 27.5 Å². The summed E-state index contributed by atoms with van der Waals surface area (Å²) in [6.07, 6.45) is 7.83. The number of esters is 1. The molecule has 9 nitrogen and oxygen atoms in total. The van der Waals surface area contributed by atoms with Gasteiger partial charge in [-0.1, -0.05) is 30.2 Å². The lowest BCUT2D eigenvalue weighted by Crippen LogP contribution is -2.28. The highest BCUT2D eigenvalue weighted by atomic mass is 32.2. The highest BCUT2D eigenvalue weighted by Gasteiger charge is 2.30. The number of amides is 2. The molecule has 0 fully saturated rings. The standard InChI is InChI=1S/C26H27N3O6S3/c1-5-10-29-18-9-7-16(3)12-20(18)37-26(29)28-22(31)14-38(33,34)13-21(30)27-24-23(25(32)35-4)17-8-6-15(2)11-19(17)36-24/h1,7,9,12,15H,6,8,10-11,13-14H2,2-4H3,(H,27,30). The number of sulfone groups is 1. The van der Waals surface area contributed by atoms with Gasteiger partial charge in [0.05, 0.1) is 29.4 Å². The van der Waals surface area contributed by atoms with Gasteiger partial charge in [0.25, 0.3) is 5.91 Å². The predicted octanol–water partition coefficient (Wildman–Crippen LogP) is 3.10. The van der Waals surface area contributed by atoms with Gasteiger partial charge in [0.2, 0.25) is 5.91 Å². The summed E-state index contributed by atoms with van der Waals surface area (Å²) in [5.41, 5.74) is 2.93. The molecule has 1 N–H and O–H groups in total. The zero-order valence-corrected chi connectivity index (χ0v) is 23.6. The van der Waals surface area contributed by atoms with Gasteiger partial charge in [-0.25, -0.2) is 13.2 Å². The van der Waals surface area contributed by atoms with Crippen LogP contribution in [0.1, 0.15) is 39.7 Å². The first-order valence-corrected chi connectivity index (χ1v) is 15.3. The van der Waals surface area contributed by atoms with E-state index < -0.39 is 39.1 Å². The number of ether oxygens (including phenoxy) is 1. The van der Waals surface area contributed by atoms with E-state index in [1.165, 1.54) is 29.8 Å². The number of aromatic nitrogens is 1. The zero-order chi connectivity index (χ0) is 27.6. The van der Waals surface area contributed by atoms with Crippen molar-refractivity contribution in [1.82, 2.24) is 4.57 Å². The Hall–Kier alpha value is -3.27. The molecule has 2 aromatic heterocycles. The molecule has 0 bridgehead atoms. The van der Waals surface area contributed by atoms with Gasteiger partial charge in [-0.05, 0) is 55.4 Å². The SMILES string of the molecule is C#CCn1c(=NC(=O)CS(=O)(=O)CC(=O)Nc2sc3c(c2C(=O)OC)CCC(C)C3)sc2cc(C)ccc21. The van der Waals surface area contributed by atoms with Crippen LogP contribution in [0.15, 0.2) is 23.2 Å². The summed E-state index contributed by atoms with van der Waals surface area (Å²) < 4.78 is 32.9. The van der Waals surface area contributed by atoms with Gasteiger partial charge in [-0.2, -0.15) is 4.99 Å². The third-order valence-corrected chi connectivity index (χ3v) is 9.76. The fourth-order valence-electron chi connectivity index (χ4n) is 4.41. The number of carbonyl (C=O) groups is 3. The largest absolute Gasteiger partial charge is 0.465 e. The van der Waals surface area contributed by atoms with E-state index in [1.54, 1.807) is 4.57 Å². The number of terminal acetylenes is 1. The molecule has 4 rings (SSSR count). The number of benzene rings is 1. The van der Waals surface area contributed by atoms with Gasteiger partial charge in [-0.15, -0.1) is 17.8 Å². The number of fused-ring (bicyclic) bond motifs is 2. The number of methoxy groups -OCH3 is 1. The summed E-state index contributed by atoms with van der Waals surface area (Å²) >= 11 is 2.49. The first kappa shape index (κ1) is 27.8. The Morgan fingerprint density at radius 2 is 2.03 bits per heavy atom. The monoisotopic (exact) mass is 573 g/mol. The number of thiophene rings is 1. The normalized spacial score (nSPS) is 15.6. The number of hydrogen-bond donors (Lipinski definition) is 1. The van der Waals surface area contributed by atoms with E-state index >= 15 is 0 Å². The minimum absolute atomic E-state index is 0.163. The number of anilines is 1. The quantitative estimate of drug-likeness (QED) is 0.342. The minimum Gasteiger partial charge on any atom is -0.465 e. The van der Waals surface area contributed by atoms with E-state index in [-0.39, 0.29) is 21.9 Å². The summed E-state index contributed by atoms with van der Waals surface area (Å²) in [4.78, 5) is 43.0. The molecule has 0 saturated heterocycles. The maximum Gasteiger partial charge on any atom is 0.341 e. The molecule has 3 aromatic rings. The molecule has 0 aliphatic heterocycles. The first-order chi connectivity index (χ1) is 18.0. The second kappa shape index (κ2) is 11.2. The van der Waals surface area contributed by atoms with Crippen LogP contribution >= 0.6 is 22.7 Å². The third kappa shape index (κ3) is 6.06. The molecule has 1 aliphatic rings. The van der Waals surface area contributed by atoms with Crippen LogP contribution in [0.3, 0.4) is 0 Å². The minimum atomic E-state index is -4.14. The molecule has 12 heteroatoms. The smallest absolute Gasteiger partial charge is 0.341 e. The average molecular weight is 574 g/mol. The van der Waals surface area contributed by atoms with Gasteiger partial charge in [0.15, 0.2) is 14.6 Å². The number of hydrogen-bond acceptors (Lipinski definition) is 8. The summed E-state index contributed by atoms with van der Waals surface area (Å²) in [6.45, 7) is 4.21. The number of rotatable bonds is 7. The highest BCUT2D eigenvalue weighted by Crippen LogP contribution is 2.40. The molecule has 1 unspecified atom stereocenters. The highest BCUT2D eigenvalue weighted by molar-refractivity contribution is 7.92. The van der Waals surface area contributed by atoms with Crippen LogP contribution in [0, 0.1) is 25.2 Å². The van der Waals surface area contributed by atoms with Gasteiger partial charge < -0.3 is 14.6 Å². The lowest BCUT2D eigenvalue weighted by molar-refractivity contribution is -0.115. The fraction of sp³-hybridized carbons (Fsp3) is 0.385. The summed E-state index contributed by atoms with van der Waals surface area (Å²) in [7, 11) is -2.89. The predicted molar refractivity (Wildman–Crippen MR) is 148 cm³/mol. The van der Waals surface area contributed by atoms with Crippen molar-refractivity contribution in [2.75, 3.05) is 23.9 Å². The summed E-state index contributed by atoms with van der Waals surface area (Å²) in [5, 5.41) is 2.83. The van der Waals surface area contributed by atoms with Crippen molar-refractivity contribution in [3.8, 4) is 12.3 Å². The Bertz CT molecular complexity index is 1650. The second-order valence-corrected chi connectivity index (χ2v) is 13.5. The van der Waals surface area contributed by atoms with Crippen LogP contribution in [-0.2, 0) is 43.5 Å². The third-order valence-electron chi connectivity index (χ3n) is 6.16. The maximum atomic E-state index is 12.7. The number of aryl methyl sites for hydroxylation is 1. The van der Waals surface area contributed by atoms with E-state index in [0.717, 1.165) is 39.1 Å². The van der Waals surface area contributed by atoms with Crippen molar-refractivity contribution in [2.45, 2.75) is 39.7 Å². The topological polar surface area (TPSA) is 124 Å². The van der Waals surface area contributed by atoms with Crippen LogP contribution in [-0.4, -0.2) is 49.4 Å². The van der Waals surface area contributed by atoms with E-state index in [0.29, 0.717) is 12.3 Å². The molecule has 0 spiro atoms. The molecule has 1 aromatic carbocycles. The lowest BCUT2D eigenvalue weighted by atomic mass is 9.88. The van der Waals surface area contributed by atoms with Gasteiger partial charge in [0, 0.05) is 4.88 Å². The van der Waals surface area contributed by atoms with Crippen molar-refractivity contribution >= 4 is 65.5 Å². The summed E-state index contributed by atoms with van der Waals surface area (Å²) in [5.74, 6) is -1.23. The lowest BCUT2D eigenvalue weighted by Gasteiger charge is -2.18. The van der Waals surface area contributed by atoms with E-state index in [4.69, 9.17) is 11.2 Å². The zero-order valence-electron chi connectivity index (χ0n) is 21.2. The molecular weight excluding hydrogens is 547 g/mol. The molecule has 1 atom stereocenters. The Morgan fingerprint density at radius 1 is 1.26 bits per heavy atom. The maximum absolute atomic E-state index is 12.7. The molecule has 2 heterocycles. The van der Waals surface area contributed by atoms with E-state index in [9.17, 15) is 22.8 Å². The number of nitrogens with one attached hydrogen (secondary N) is 1. The molecule has 38 heavy (non-hydrogen) atoms. The molecule has 0 radical (unpaired) electrons. The Labute approximate surface area is 228 Å². The summed E-state index contributed by atoms with van der Waals surface area (Å²) in [6, 6.07) is 5.71. The molecule has 0 saturated carbocycles. The van der Waals surface area contributed by atoms with Gasteiger partial charge in [0.1, 0.15) is 16.5 Å². The number of carbonyl (C=O) groups excluding carboxylic acids is 3. The second-order valence-electron chi connectivity index (χ2n) is 9.28. The van der Waals surface area contributed by atoms with Crippen LogP contribution in [0.25, 0.3) is 10.2 Å². The molecule has 200 valence electrons. The Balaban J connectivity index is 1.51. The first-order valence-electron chi connectivity index (χ1n) is 11.9. The van der Waals surface area contributed by atoms with Gasteiger partial charge >= 0.3 is 5.97 Å². The molecular formula is C26H27N3O6S3. The molecule has 1 aliphatic carbocycles. The van der Waals surface area contributed by atoms with Crippen LogP contribution < -0.4 is 10.1 Å². The Morgan fingerprint density at radius 3 is 2.74 bits per heavy atom. The van der Waals surface area contributed by atoms with Crippen molar-refractivity contribution in [3.63, 3.8) is 0 Å². The average Bonchev–Trinajstić information content (AvgIpc) is 3.34. The van der Waals surface area contributed by atoms with Crippen LogP contribution in [0.4, 0.5) is 5.00 Å². The van der Waals surface area contributed by atoms with E-state index in [1.807, 2.05) is 25.1 Å². The number of thiazole rings is 1. The van der Waals surface area contributed by atoms with Crippen LogP contribution in [0.2, 0.25) is 0 Å². The van der Waals surface area contributed by atoms with Crippen molar-refractivity contribution in [2.24, 2.45) is 10.9 Å². The van der Waals surface area contributed by atoms with Crippen molar-refractivity contribution in [3.05, 3.63) is 44.6 Å². The number of nitrogens with zero attached hydrogens (tertiary/aromatic N) is 2. The van der Waals surface area contributed by atoms with Crippen molar-refractivity contribution in [1.29, 1.82) is 0 Å². The fourth-order valence-corrected chi connectivity index (χ4v) is 7.98. The molecule has 2 amide bonds. The van der Waals surface area contributed by atoms with Gasteiger partial charge in [-0.3, -0.25) is 9.59 Å².